The van der Waals surface area contributed by atoms with Crippen LogP contribution in [0.2, 0.25) is 0 Å². The maximum atomic E-state index is 13.3. The summed E-state index contributed by atoms with van der Waals surface area (Å²) in [6, 6.07) is 4.39. The number of aliphatic hydroxyl groups excluding tert-OH is 3. The van der Waals surface area contributed by atoms with E-state index in [1.165, 1.54) is 6.07 Å². The van der Waals surface area contributed by atoms with Crippen molar-refractivity contribution in [2.45, 2.75) is 30.7 Å². The Morgan fingerprint density at radius 3 is 2.50 bits per heavy atom. The summed E-state index contributed by atoms with van der Waals surface area (Å²) in [5.74, 6) is -9.39. The minimum Gasteiger partial charge on any atom is -0.507 e. The minimum absolute atomic E-state index is 0.113. The monoisotopic (exact) mass is 414 g/mol. The number of ketones is 2. The summed E-state index contributed by atoms with van der Waals surface area (Å²) in [5.41, 5.74) is 1.92. The number of phenols is 1. The van der Waals surface area contributed by atoms with Crippen LogP contribution in [0.25, 0.3) is 5.76 Å². The number of hydrogen-bond donors (Lipinski definition) is 6. The Labute approximate surface area is 169 Å². The molecular formula is C20H18N2O8. The topological polar surface area (TPSA) is 202 Å². The Kier molecular flexibility index (Phi) is 4.25. The van der Waals surface area contributed by atoms with Crippen molar-refractivity contribution in [3.63, 3.8) is 0 Å². The van der Waals surface area contributed by atoms with Crippen LogP contribution < -0.4 is 5.73 Å². The second kappa shape index (κ2) is 6.37. The van der Waals surface area contributed by atoms with Crippen molar-refractivity contribution in [2.75, 3.05) is 0 Å². The number of primary amides is 1. The van der Waals surface area contributed by atoms with Gasteiger partial charge in [0.15, 0.2) is 11.4 Å². The average Bonchev–Trinajstić information content (AvgIpc) is 2.68. The summed E-state index contributed by atoms with van der Waals surface area (Å²) in [6.07, 6.45) is -3.75. The Balaban J connectivity index is 1.95. The Morgan fingerprint density at radius 1 is 1.23 bits per heavy atom. The van der Waals surface area contributed by atoms with Crippen molar-refractivity contribution < 1.29 is 39.9 Å². The van der Waals surface area contributed by atoms with Crippen molar-refractivity contribution in [3.05, 3.63) is 34.4 Å². The molecule has 0 bridgehead atoms. The molecule has 0 aliphatic heterocycles. The quantitative estimate of drug-likeness (QED) is 0.293. The number of benzene rings is 1. The number of carbonyl (C=O) groups excluding carboxylic acids is 3. The fourth-order valence-electron chi connectivity index (χ4n) is 5.05. The van der Waals surface area contributed by atoms with Crippen LogP contribution in [-0.4, -0.2) is 60.8 Å². The summed E-state index contributed by atoms with van der Waals surface area (Å²) in [4.78, 5) is 37.7. The van der Waals surface area contributed by atoms with Gasteiger partial charge in [0.2, 0.25) is 11.7 Å². The minimum atomic E-state index is -2.88. The lowest BCUT2D eigenvalue weighted by molar-refractivity contribution is -0.185. The maximum absolute atomic E-state index is 13.3. The third-order valence-electron chi connectivity index (χ3n) is 6.49. The number of hydrogen-bond acceptors (Lipinski definition) is 9. The Morgan fingerprint density at radius 2 is 1.90 bits per heavy atom. The molecule has 0 saturated heterocycles. The van der Waals surface area contributed by atoms with Crippen LogP contribution in [0.3, 0.4) is 0 Å². The van der Waals surface area contributed by atoms with Crippen LogP contribution in [0, 0.1) is 29.1 Å². The predicted octanol–water partition coefficient (Wildman–Crippen LogP) is -1.57. The van der Waals surface area contributed by atoms with Crippen molar-refractivity contribution in [2.24, 2.45) is 23.5 Å². The molecule has 4 rings (SSSR count). The summed E-state index contributed by atoms with van der Waals surface area (Å²) < 4.78 is 0. The third kappa shape index (κ3) is 2.31. The number of carbonyl (C=O) groups is 3. The van der Waals surface area contributed by atoms with Gasteiger partial charge >= 0.3 is 0 Å². The molecule has 1 aromatic carbocycles. The number of phenolic OH excluding ortho intramolecular Hbond substituents is 1. The second-order valence-electron chi connectivity index (χ2n) is 7.91. The molecule has 1 aromatic rings. The Bertz CT molecular complexity index is 1090. The van der Waals surface area contributed by atoms with Gasteiger partial charge in [0, 0.05) is 17.4 Å². The van der Waals surface area contributed by atoms with Gasteiger partial charge in [-0.1, -0.05) is 0 Å². The van der Waals surface area contributed by atoms with Gasteiger partial charge in [-0.2, -0.15) is 5.26 Å². The van der Waals surface area contributed by atoms with Gasteiger partial charge in [-0.3, -0.25) is 14.4 Å². The predicted molar refractivity (Wildman–Crippen MR) is 97.3 cm³/mol. The first-order valence-electron chi connectivity index (χ1n) is 9.21. The van der Waals surface area contributed by atoms with Crippen LogP contribution in [0.5, 0.6) is 5.75 Å². The zero-order valence-electron chi connectivity index (χ0n) is 15.4. The van der Waals surface area contributed by atoms with Gasteiger partial charge in [0.05, 0.1) is 29.4 Å². The lowest BCUT2D eigenvalue weighted by atomic mass is 9.55. The van der Waals surface area contributed by atoms with Gasteiger partial charge in [-0.25, -0.2) is 0 Å². The SMILES string of the molecule is N#Cc1ccc(O)c2c1C[C@@H]1C(=C2O)C(=O)[C@]2(O)C(=O)C(C(N)=O)C(O)C[C@@H]2[C@H]1O. The fourth-order valence-corrected chi connectivity index (χ4v) is 5.05. The number of rotatable bonds is 1. The molecule has 10 nitrogen and oxygen atoms in total. The van der Waals surface area contributed by atoms with Crippen LogP contribution in [0.4, 0.5) is 0 Å². The van der Waals surface area contributed by atoms with E-state index in [9.17, 15) is 45.2 Å². The van der Waals surface area contributed by atoms with Gasteiger partial charge in [-0.15, -0.1) is 0 Å². The molecule has 2 fully saturated rings. The molecule has 3 aliphatic carbocycles. The van der Waals surface area contributed by atoms with Gasteiger partial charge in [0.1, 0.15) is 17.4 Å². The summed E-state index contributed by atoms with van der Waals surface area (Å²) in [7, 11) is 0. The highest BCUT2D eigenvalue weighted by molar-refractivity contribution is 6.25. The molecule has 0 aromatic heterocycles. The molecule has 2 unspecified atom stereocenters. The fraction of sp³-hybridized carbons (Fsp3) is 0.400. The number of Topliss-reactive ketones (excluding diaryl/α,β-unsaturated/α-hetero) is 2. The molecule has 2 saturated carbocycles. The average molecular weight is 414 g/mol. The van der Waals surface area contributed by atoms with E-state index in [0.717, 1.165) is 6.07 Å². The highest BCUT2D eigenvalue weighted by Crippen LogP contribution is 2.51. The molecule has 7 N–H and O–H groups in total. The molecule has 30 heavy (non-hydrogen) atoms. The van der Waals surface area contributed by atoms with Crippen molar-refractivity contribution in [1.29, 1.82) is 5.26 Å². The molecule has 6 atom stereocenters. The van der Waals surface area contributed by atoms with Crippen molar-refractivity contribution in [1.82, 2.24) is 0 Å². The van der Waals surface area contributed by atoms with Crippen molar-refractivity contribution >= 4 is 23.2 Å². The highest BCUT2D eigenvalue weighted by atomic mass is 16.3. The number of nitrogens with two attached hydrogens (primary N) is 1. The molecule has 10 heteroatoms. The number of aliphatic hydroxyl groups is 4. The molecule has 3 aliphatic rings. The van der Waals surface area contributed by atoms with Crippen LogP contribution in [0.1, 0.15) is 23.1 Å². The lowest BCUT2D eigenvalue weighted by Gasteiger charge is -2.50. The van der Waals surface area contributed by atoms with Gasteiger partial charge < -0.3 is 31.3 Å². The van der Waals surface area contributed by atoms with E-state index in [1.807, 2.05) is 6.07 Å². The molecule has 156 valence electrons. The smallest absolute Gasteiger partial charge is 0.230 e. The number of aromatic hydroxyl groups is 1. The van der Waals surface area contributed by atoms with E-state index in [1.54, 1.807) is 0 Å². The largest absolute Gasteiger partial charge is 0.507 e. The number of nitrogens with zero attached hydrogens (tertiary/aromatic N) is 1. The van der Waals surface area contributed by atoms with E-state index in [-0.39, 0.29) is 23.1 Å². The van der Waals surface area contributed by atoms with E-state index in [2.05, 4.69) is 0 Å². The second-order valence-corrected chi connectivity index (χ2v) is 7.91. The number of amides is 1. The van der Waals surface area contributed by atoms with E-state index in [0.29, 0.717) is 0 Å². The number of fused-ring (bicyclic) bond motifs is 3. The Hall–Kier alpha value is -3.26. The first kappa shape index (κ1) is 20.0. The molecular weight excluding hydrogens is 396 g/mol. The molecule has 1 amide bonds. The zero-order valence-corrected chi connectivity index (χ0v) is 15.4. The van der Waals surface area contributed by atoms with Crippen LogP contribution in [-0.2, 0) is 20.8 Å². The van der Waals surface area contributed by atoms with E-state index < -0.39 is 76.5 Å². The normalized spacial score (nSPS) is 35.2. The maximum Gasteiger partial charge on any atom is 0.230 e. The summed E-state index contributed by atoms with van der Waals surface area (Å²) in [5, 5.41) is 62.5. The highest BCUT2D eigenvalue weighted by Gasteiger charge is 2.66. The van der Waals surface area contributed by atoms with E-state index in [4.69, 9.17) is 5.73 Å². The first-order chi connectivity index (χ1) is 14.0. The van der Waals surface area contributed by atoms with E-state index >= 15 is 0 Å². The molecule has 0 heterocycles. The van der Waals surface area contributed by atoms with Gasteiger partial charge in [-0.05, 0) is 30.5 Å². The third-order valence-corrected chi connectivity index (χ3v) is 6.49. The molecule has 0 radical (unpaired) electrons. The lowest BCUT2D eigenvalue weighted by Crippen LogP contribution is -2.70. The standard InChI is InChI=1S/C20H18N2O8/c21-5-6-1-2-10(23)12-7(6)3-8-13(16(12)26)17(27)20(30)9(15(8)25)4-11(24)14(18(20)28)19(22)29/h1-2,8-9,11,14-15,23-26,30H,3-4H2,(H2,22,29)/t8-,9-,11?,14?,15+,20+/m1/s1. The van der Waals surface area contributed by atoms with Crippen LogP contribution >= 0.6 is 0 Å². The van der Waals surface area contributed by atoms with Crippen LogP contribution in [0.15, 0.2) is 17.7 Å². The first-order valence-corrected chi connectivity index (χ1v) is 9.21. The van der Waals surface area contributed by atoms with Crippen molar-refractivity contribution in [3.8, 4) is 11.8 Å². The summed E-state index contributed by atoms with van der Waals surface area (Å²) in [6.45, 7) is 0. The summed E-state index contributed by atoms with van der Waals surface area (Å²) >= 11 is 0. The molecule has 0 spiro atoms. The van der Waals surface area contributed by atoms with Gasteiger partial charge in [0.25, 0.3) is 0 Å². The zero-order chi connectivity index (χ0) is 22.1. The number of nitriles is 1.